The lowest BCUT2D eigenvalue weighted by Gasteiger charge is -2.36. The standard InChI is InChI=1S/C14H24N2O4/c1-16(2)14(7-3-4-8-14)9-15-12(17)10-5-6-11(20-10)13(18)19/h10-11H,3-9H2,1-2H3,(H,15,17)(H,18,19)/t10-,11+/m0/s1. The van der Waals surface area contributed by atoms with E-state index in [1.807, 2.05) is 14.1 Å². The van der Waals surface area contributed by atoms with Crippen molar-refractivity contribution in [2.24, 2.45) is 0 Å². The molecule has 0 bridgehead atoms. The quantitative estimate of drug-likeness (QED) is 0.773. The van der Waals surface area contributed by atoms with Crippen molar-refractivity contribution in [2.75, 3.05) is 20.6 Å². The van der Waals surface area contributed by atoms with Gasteiger partial charge in [0.1, 0.15) is 6.10 Å². The number of nitrogens with zero attached hydrogens (tertiary/aromatic N) is 1. The maximum Gasteiger partial charge on any atom is 0.332 e. The van der Waals surface area contributed by atoms with Crippen LogP contribution >= 0.6 is 0 Å². The number of likely N-dealkylation sites (N-methyl/N-ethyl adjacent to an activating group) is 1. The van der Waals surface area contributed by atoms with Crippen LogP contribution in [0.2, 0.25) is 0 Å². The molecule has 2 fully saturated rings. The first-order valence-corrected chi connectivity index (χ1v) is 7.28. The summed E-state index contributed by atoms with van der Waals surface area (Å²) in [4.78, 5) is 25.1. The third kappa shape index (κ3) is 3.12. The summed E-state index contributed by atoms with van der Waals surface area (Å²) in [7, 11) is 4.09. The first kappa shape index (κ1) is 15.3. The molecule has 2 atom stereocenters. The van der Waals surface area contributed by atoms with Gasteiger partial charge in [-0.05, 0) is 39.8 Å². The molecule has 0 aromatic heterocycles. The highest BCUT2D eigenvalue weighted by Crippen LogP contribution is 2.33. The van der Waals surface area contributed by atoms with Gasteiger partial charge in [-0.3, -0.25) is 4.79 Å². The van der Waals surface area contributed by atoms with Crippen molar-refractivity contribution >= 4 is 11.9 Å². The van der Waals surface area contributed by atoms with Crippen LogP contribution in [0.25, 0.3) is 0 Å². The number of rotatable bonds is 5. The Bertz CT molecular complexity index is 377. The average Bonchev–Trinajstić information content (AvgIpc) is 3.06. The van der Waals surface area contributed by atoms with Gasteiger partial charge in [0.15, 0.2) is 6.10 Å². The van der Waals surface area contributed by atoms with E-state index in [0.717, 1.165) is 12.8 Å². The molecule has 0 aromatic carbocycles. The van der Waals surface area contributed by atoms with Crippen LogP contribution in [-0.4, -0.2) is 60.3 Å². The van der Waals surface area contributed by atoms with Crippen LogP contribution in [0.3, 0.4) is 0 Å². The zero-order valence-electron chi connectivity index (χ0n) is 12.2. The maximum absolute atomic E-state index is 12.1. The Hall–Kier alpha value is -1.14. The highest BCUT2D eigenvalue weighted by molar-refractivity contribution is 5.82. The number of carbonyl (C=O) groups is 2. The van der Waals surface area contributed by atoms with E-state index in [9.17, 15) is 9.59 Å². The Morgan fingerprint density at radius 1 is 1.25 bits per heavy atom. The van der Waals surface area contributed by atoms with Gasteiger partial charge in [0.25, 0.3) is 0 Å². The van der Waals surface area contributed by atoms with E-state index in [1.54, 1.807) is 0 Å². The SMILES string of the molecule is CN(C)C1(CNC(=O)[C@@H]2CC[C@H](C(=O)O)O2)CCCC1. The first-order valence-electron chi connectivity index (χ1n) is 7.28. The second-order valence-corrected chi connectivity index (χ2v) is 6.07. The molecular formula is C14H24N2O4. The molecule has 1 aliphatic heterocycles. The number of carboxylic acids is 1. The molecule has 2 aliphatic rings. The van der Waals surface area contributed by atoms with Crippen LogP contribution in [0.15, 0.2) is 0 Å². The summed E-state index contributed by atoms with van der Waals surface area (Å²) in [5.74, 6) is -1.16. The molecule has 20 heavy (non-hydrogen) atoms. The molecule has 1 aliphatic carbocycles. The zero-order chi connectivity index (χ0) is 14.8. The van der Waals surface area contributed by atoms with Crippen molar-refractivity contribution in [2.45, 2.75) is 56.3 Å². The maximum atomic E-state index is 12.1. The molecule has 1 saturated carbocycles. The van der Waals surface area contributed by atoms with Gasteiger partial charge >= 0.3 is 5.97 Å². The average molecular weight is 284 g/mol. The van der Waals surface area contributed by atoms with Gasteiger partial charge in [-0.15, -0.1) is 0 Å². The minimum absolute atomic E-state index is 0.0421. The Balaban J connectivity index is 1.85. The molecule has 1 heterocycles. The molecule has 0 unspecified atom stereocenters. The second kappa shape index (κ2) is 6.10. The van der Waals surface area contributed by atoms with Crippen LogP contribution in [0, 0.1) is 0 Å². The molecular weight excluding hydrogens is 260 g/mol. The normalized spacial score (nSPS) is 28.8. The highest BCUT2D eigenvalue weighted by Gasteiger charge is 2.38. The number of carboxylic acid groups (broad SMARTS) is 1. The molecule has 1 amide bonds. The van der Waals surface area contributed by atoms with E-state index in [0.29, 0.717) is 19.4 Å². The summed E-state index contributed by atoms with van der Waals surface area (Å²) in [6.07, 6.45) is 4.00. The monoisotopic (exact) mass is 284 g/mol. The number of nitrogens with one attached hydrogen (secondary N) is 1. The Labute approximate surface area is 119 Å². The Kier molecular flexibility index (Phi) is 4.65. The molecule has 2 rings (SSSR count). The topological polar surface area (TPSA) is 78.9 Å². The van der Waals surface area contributed by atoms with Gasteiger partial charge in [0, 0.05) is 12.1 Å². The fourth-order valence-electron chi connectivity index (χ4n) is 3.19. The van der Waals surface area contributed by atoms with E-state index in [-0.39, 0.29) is 11.4 Å². The van der Waals surface area contributed by atoms with Crippen molar-refractivity contribution in [3.8, 4) is 0 Å². The molecule has 2 N–H and O–H groups in total. The summed E-state index contributed by atoms with van der Waals surface area (Å²) in [6.45, 7) is 0.608. The number of hydrogen-bond acceptors (Lipinski definition) is 4. The minimum Gasteiger partial charge on any atom is -0.479 e. The van der Waals surface area contributed by atoms with Gasteiger partial charge in [-0.2, -0.15) is 0 Å². The van der Waals surface area contributed by atoms with Crippen molar-refractivity contribution in [3.05, 3.63) is 0 Å². The van der Waals surface area contributed by atoms with Gasteiger partial charge in [0.05, 0.1) is 0 Å². The number of ether oxygens (including phenoxy) is 1. The molecule has 1 saturated heterocycles. The lowest BCUT2D eigenvalue weighted by Crippen LogP contribution is -2.52. The molecule has 0 spiro atoms. The molecule has 6 nitrogen and oxygen atoms in total. The van der Waals surface area contributed by atoms with E-state index < -0.39 is 18.2 Å². The number of hydrogen-bond donors (Lipinski definition) is 2. The van der Waals surface area contributed by atoms with Crippen molar-refractivity contribution < 1.29 is 19.4 Å². The Morgan fingerprint density at radius 2 is 1.85 bits per heavy atom. The number of carbonyl (C=O) groups excluding carboxylic acids is 1. The fourth-order valence-corrected chi connectivity index (χ4v) is 3.19. The van der Waals surface area contributed by atoms with Crippen LogP contribution < -0.4 is 5.32 Å². The zero-order valence-corrected chi connectivity index (χ0v) is 12.2. The largest absolute Gasteiger partial charge is 0.479 e. The predicted molar refractivity (Wildman–Crippen MR) is 73.4 cm³/mol. The van der Waals surface area contributed by atoms with Crippen molar-refractivity contribution in [1.82, 2.24) is 10.2 Å². The molecule has 0 aromatic rings. The summed E-state index contributed by atoms with van der Waals surface area (Å²) in [5.41, 5.74) is 0.0421. The first-order chi connectivity index (χ1) is 9.44. The molecule has 0 radical (unpaired) electrons. The van der Waals surface area contributed by atoms with Crippen LogP contribution in [0.4, 0.5) is 0 Å². The Morgan fingerprint density at radius 3 is 2.35 bits per heavy atom. The van der Waals surface area contributed by atoms with Gasteiger partial charge in [-0.25, -0.2) is 4.79 Å². The van der Waals surface area contributed by atoms with E-state index >= 15 is 0 Å². The highest BCUT2D eigenvalue weighted by atomic mass is 16.5. The number of aliphatic carboxylic acids is 1. The van der Waals surface area contributed by atoms with E-state index in [4.69, 9.17) is 9.84 Å². The van der Waals surface area contributed by atoms with Crippen LogP contribution in [0.5, 0.6) is 0 Å². The van der Waals surface area contributed by atoms with Crippen molar-refractivity contribution in [1.29, 1.82) is 0 Å². The van der Waals surface area contributed by atoms with E-state index in [2.05, 4.69) is 10.2 Å². The van der Waals surface area contributed by atoms with Gasteiger partial charge in [-0.1, -0.05) is 12.8 Å². The van der Waals surface area contributed by atoms with Crippen LogP contribution in [-0.2, 0) is 14.3 Å². The summed E-state index contributed by atoms with van der Waals surface area (Å²) in [5, 5.41) is 11.8. The predicted octanol–water partition coefficient (Wildman–Crippen LogP) is 0.609. The van der Waals surface area contributed by atoms with Crippen molar-refractivity contribution in [3.63, 3.8) is 0 Å². The lowest BCUT2D eigenvalue weighted by molar-refractivity contribution is -0.151. The van der Waals surface area contributed by atoms with Gasteiger partial charge in [0.2, 0.25) is 5.91 Å². The third-order valence-corrected chi connectivity index (χ3v) is 4.66. The van der Waals surface area contributed by atoms with Crippen LogP contribution in [0.1, 0.15) is 38.5 Å². The summed E-state index contributed by atoms with van der Waals surface area (Å²) < 4.78 is 5.27. The fraction of sp³-hybridized carbons (Fsp3) is 0.857. The second-order valence-electron chi connectivity index (χ2n) is 6.07. The van der Waals surface area contributed by atoms with E-state index in [1.165, 1.54) is 12.8 Å². The molecule has 6 heteroatoms. The number of amides is 1. The smallest absolute Gasteiger partial charge is 0.332 e. The third-order valence-electron chi connectivity index (χ3n) is 4.66. The molecule has 114 valence electrons. The van der Waals surface area contributed by atoms with Gasteiger partial charge < -0.3 is 20.1 Å². The summed E-state index contributed by atoms with van der Waals surface area (Å²) in [6, 6.07) is 0. The lowest BCUT2D eigenvalue weighted by atomic mass is 9.96. The summed E-state index contributed by atoms with van der Waals surface area (Å²) >= 11 is 0. The minimum atomic E-state index is -0.985.